The summed E-state index contributed by atoms with van der Waals surface area (Å²) in [4.78, 5) is 14.0. The highest BCUT2D eigenvalue weighted by Crippen LogP contribution is 2.35. The molecule has 1 aliphatic rings. The molecule has 3 rings (SSSR count). The number of likely N-dealkylation sites (tertiary alicyclic amines) is 1. The molecule has 1 aliphatic heterocycles. The summed E-state index contributed by atoms with van der Waals surface area (Å²) in [5.74, 6) is 1.35. The van der Waals surface area contributed by atoms with Gasteiger partial charge in [-0.3, -0.25) is 0 Å². The van der Waals surface area contributed by atoms with Crippen LogP contribution in [0.4, 0.5) is 4.79 Å². The summed E-state index contributed by atoms with van der Waals surface area (Å²) in [6, 6.07) is 3.62. The fourth-order valence-corrected chi connectivity index (χ4v) is 3.48. The number of methoxy groups -OCH3 is 1. The summed E-state index contributed by atoms with van der Waals surface area (Å²) >= 11 is 0. The minimum atomic E-state index is -0.461. The van der Waals surface area contributed by atoms with Gasteiger partial charge in [0.05, 0.1) is 18.1 Å². The van der Waals surface area contributed by atoms with Crippen LogP contribution in [0.2, 0.25) is 0 Å². The Kier molecular flexibility index (Phi) is 5.87. The molecule has 152 valence electrons. The van der Waals surface area contributed by atoms with Crippen molar-refractivity contribution < 1.29 is 23.8 Å². The maximum absolute atomic E-state index is 12.2. The highest BCUT2D eigenvalue weighted by molar-refractivity contribution is 5.92. The number of hydrogen-bond donors (Lipinski definition) is 1. The minimum Gasteiger partial charge on any atom is -0.504 e. The molecule has 2 aromatic rings. The van der Waals surface area contributed by atoms with Crippen LogP contribution in [0.15, 0.2) is 28.9 Å². The average Bonchev–Trinajstić information content (AvgIpc) is 3.02. The number of benzene rings is 1. The zero-order valence-electron chi connectivity index (χ0n) is 17.0. The van der Waals surface area contributed by atoms with Gasteiger partial charge in [-0.1, -0.05) is 12.2 Å². The Balaban J connectivity index is 1.59. The normalized spacial score (nSPS) is 16.1. The molecular formula is C22H29NO5. The van der Waals surface area contributed by atoms with Crippen molar-refractivity contribution in [2.45, 2.75) is 45.6 Å². The van der Waals surface area contributed by atoms with Gasteiger partial charge in [0.25, 0.3) is 0 Å². The molecule has 6 heteroatoms. The summed E-state index contributed by atoms with van der Waals surface area (Å²) in [5, 5.41) is 10.5. The Bertz CT molecular complexity index is 854. The van der Waals surface area contributed by atoms with E-state index in [9.17, 15) is 9.90 Å². The van der Waals surface area contributed by atoms with E-state index in [1.54, 1.807) is 18.1 Å². The quantitative estimate of drug-likeness (QED) is 0.781. The molecule has 0 saturated carbocycles. The monoisotopic (exact) mass is 387 g/mol. The van der Waals surface area contributed by atoms with Gasteiger partial charge < -0.3 is 23.9 Å². The molecule has 6 nitrogen and oxygen atoms in total. The van der Waals surface area contributed by atoms with E-state index in [1.165, 1.54) is 6.26 Å². The van der Waals surface area contributed by atoms with Crippen LogP contribution in [0, 0.1) is 5.92 Å². The minimum absolute atomic E-state index is 0.127. The number of carbonyl (C=O) groups is 1. The molecule has 1 saturated heterocycles. The van der Waals surface area contributed by atoms with Crippen molar-refractivity contribution in [3.05, 3.63) is 30.0 Å². The average molecular weight is 387 g/mol. The first-order chi connectivity index (χ1) is 13.3. The van der Waals surface area contributed by atoms with Crippen molar-refractivity contribution >= 4 is 23.1 Å². The lowest BCUT2D eigenvalue weighted by Gasteiger charge is -2.33. The highest BCUT2D eigenvalue weighted by Gasteiger charge is 2.26. The second kappa shape index (κ2) is 8.17. The van der Waals surface area contributed by atoms with Gasteiger partial charge in [0.1, 0.15) is 23.2 Å². The number of nitrogens with zero attached hydrogens (tertiary/aromatic N) is 1. The van der Waals surface area contributed by atoms with Gasteiger partial charge in [0.15, 0.2) is 5.75 Å². The van der Waals surface area contributed by atoms with E-state index in [1.807, 2.05) is 32.9 Å². The molecule has 1 fully saturated rings. The molecular weight excluding hydrogens is 358 g/mol. The number of furan rings is 1. The number of amides is 1. The van der Waals surface area contributed by atoms with Crippen molar-refractivity contribution in [1.29, 1.82) is 0 Å². The summed E-state index contributed by atoms with van der Waals surface area (Å²) in [6.45, 7) is 7.10. The molecule has 0 spiro atoms. The van der Waals surface area contributed by atoms with E-state index in [0.717, 1.165) is 37.9 Å². The summed E-state index contributed by atoms with van der Waals surface area (Å²) in [5.41, 5.74) is 0.983. The smallest absolute Gasteiger partial charge is 0.410 e. The lowest BCUT2D eigenvalue weighted by atomic mass is 9.93. The predicted molar refractivity (Wildman–Crippen MR) is 109 cm³/mol. The Morgan fingerprint density at radius 2 is 2.04 bits per heavy atom. The summed E-state index contributed by atoms with van der Waals surface area (Å²) in [6.07, 6.45) is 8.03. The van der Waals surface area contributed by atoms with E-state index >= 15 is 0 Å². The highest BCUT2D eigenvalue weighted by atomic mass is 16.6. The van der Waals surface area contributed by atoms with E-state index < -0.39 is 5.60 Å². The molecule has 28 heavy (non-hydrogen) atoms. The first-order valence-corrected chi connectivity index (χ1v) is 9.70. The van der Waals surface area contributed by atoms with Crippen LogP contribution in [-0.4, -0.2) is 41.9 Å². The van der Waals surface area contributed by atoms with Crippen molar-refractivity contribution in [3.8, 4) is 11.5 Å². The van der Waals surface area contributed by atoms with Gasteiger partial charge in [0, 0.05) is 13.1 Å². The lowest BCUT2D eigenvalue weighted by Crippen LogP contribution is -2.41. The standard InChI is InChI=1S/C22H29NO5/c1-22(2,3)28-21(25)23-12-10-15(11-13-23)6-5-7-17-19(26-4)9-8-16-18(24)14-27-20(16)17/h5,7-9,14-15,24H,6,10-13H2,1-4H3. The number of hydrogen-bond acceptors (Lipinski definition) is 5. The maximum atomic E-state index is 12.2. The Hall–Kier alpha value is -2.63. The van der Waals surface area contributed by atoms with Crippen LogP contribution in [-0.2, 0) is 4.74 Å². The Morgan fingerprint density at radius 3 is 2.68 bits per heavy atom. The van der Waals surface area contributed by atoms with E-state index in [4.69, 9.17) is 13.9 Å². The fraction of sp³-hybridized carbons (Fsp3) is 0.500. The number of ether oxygens (including phenoxy) is 2. The molecule has 0 radical (unpaired) electrons. The number of carbonyl (C=O) groups excluding carboxylic acids is 1. The van der Waals surface area contributed by atoms with Gasteiger partial charge in [-0.25, -0.2) is 4.79 Å². The Morgan fingerprint density at radius 1 is 1.32 bits per heavy atom. The van der Waals surface area contributed by atoms with E-state index in [-0.39, 0.29) is 11.8 Å². The number of aromatic hydroxyl groups is 1. The van der Waals surface area contributed by atoms with Crippen LogP contribution in [0.3, 0.4) is 0 Å². The molecule has 0 bridgehead atoms. The second-order valence-electron chi connectivity index (χ2n) is 8.23. The summed E-state index contributed by atoms with van der Waals surface area (Å²) < 4.78 is 16.4. The van der Waals surface area contributed by atoms with E-state index in [0.29, 0.717) is 22.6 Å². The molecule has 1 aromatic carbocycles. The molecule has 2 heterocycles. The zero-order chi connectivity index (χ0) is 20.3. The van der Waals surface area contributed by atoms with Crippen LogP contribution < -0.4 is 4.74 Å². The first kappa shape index (κ1) is 20.1. The molecule has 0 aliphatic carbocycles. The predicted octanol–water partition coefficient (Wildman–Crippen LogP) is 5.20. The van der Waals surface area contributed by atoms with Crippen LogP contribution in [0.5, 0.6) is 11.5 Å². The van der Waals surface area contributed by atoms with Gasteiger partial charge >= 0.3 is 6.09 Å². The zero-order valence-corrected chi connectivity index (χ0v) is 17.0. The van der Waals surface area contributed by atoms with Crippen molar-refractivity contribution in [2.75, 3.05) is 20.2 Å². The lowest BCUT2D eigenvalue weighted by molar-refractivity contribution is 0.0185. The summed E-state index contributed by atoms with van der Waals surface area (Å²) in [7, 11) is 1.62. The van der Waals surface area contributed by atoms with Crippen molar-refractivity contribution in [2.24, 2.45) is 5.92 Å². The SMILES string of the molecule is COc1ccc2c(O)coc2c1C=CCC1CCN(C(=O)OC(C)(C)C)CC1. The first-order valence-electron chi connectivity index (χ1n) is 9.70. The third kappa shape index (κ3) is 4.61. The van der Waals surface area contributed by atoms with E-state index in [2.05, 4.69) is 6.08 Å². The fourth-order valence-electron chi connectivity index (χ4n) is 3.48. The van der Waals surface area contributed by atoms with Crippen molar-refractivity contribution in [3.63, 3.8) is 0 Å². The van der Waals surface area contributed by atoms with Crippen LogP contribution in [0.1, 0.15) is 45.6 Å². The Labute approximate surface area is 165 Å². The van der Waals surface area contributed by atoms with Gasteiger partial charge in [-0.2, -0.15) is 0 Å². The largest absolute Gasteiger partial charge is 0.504 e. The third-order valence-electron chi connectivity index (χ3n) is 4.96. The molecule has 1 aromatic heterocycles. The van der Waals surface area contributed by atoms with Crippen LogP contribution in [0.25, 0.3) is 17.0 Å². The maximum Gasteiger partial charge on any atom is 0.410 e. The van der Waals surface area contributed by atoms with Gasteiger partial charge in [-0.05, 0) is 58.1 Å². The number of allylic oxidation sites excluding steroid dienone is 1. The number of fused-ring (bicyclic) bond motifs is 1. The number of rotatable bonds is 4. The van der Waals surface area contributed by atoms with Crippen molar-refractivity contribution in [1.82, 2.24) is 4.90 Å². The topological polar surface area (TPSA) is 72.1 Å². The molecule has 1 N–H and O–H groups in total. The third-order valence-corrected chi connectivity index (χ3v) is 4.96. The van der Waals surface area contributed by atoms with Gasteiger partial charge in [0.2, 0.25) is 0 Å². The molecule has 0 unspecified atom stereocenters. The van der Waals surface area contributed by atoms with Gasteiger partial charge in [-0.15, -0.1) is 0 Å². The number of piperidine rings is 1. The van der Waals surface area contributed by atoms with Crippen LogP contribution >= 0.6 is 0 Å². The molecule has 0 atom stereocenters. The molecule has 1 amide bonds. The second-order valence-corrected chi connectivity index (χ2v) is 8.23.